The first-order chi connectivity index (χ1) is 14.0. The van der Waals surface area contributed by atoms with E-state index in [1.54, 1.807) is 24.4 Å². The number of aromatic nitrogens is 3. The Morgan fingerprint density at radius 3 is 2.83 bits per heavy atom. The van der Waals surface area contributed by atoms with Gasteiger partial charge in [-0.25, -0.2) is 9.97 Å². The number of pyridine rings is 1. The Morgan fingerprint density at radius 2 is 2.07 bits per heavy atom. The molecule has 0 bridgehead atoms. The zero-order valence-corrected chi connectivity index (χ0v) is 16.9. The van der Waals surface area contributed by atoms with Crippen LogP contribution in [0.1, 0.15) is 24.2 Å². The summed E-state index contributed by atoms with van der Waals surface area (Å²) < 4.78 is 0. The number of H-pyrrole nitrogens is 1. The van der Waals surface area contributed by atoms with Gasteiger partial charge < -0.3 is 10.3 Å². The minimum atomic E-state index is -0.188. The first kappa shape index (κ1) is 19.5. The highest BCUT2D eigenvalue weighted by atomic mass is 35.5. The summed E-state index contributed by atoms with van der Waals surface area (Å²) in [6.45, 7) is 4.04. The Labute approximate surface area is 173 Å². The predicted molar refractivity (Wildman–Crippen MR) is 113 cm³/mol. The number of nitrogens with one attached hydrogen (secondary N) is 2. The molecular weight excluding hydrogens is 390 g/mol. The smallest absolute Gasteiger partial charge is 0.258 e. The summed E-state index contributed by atoms with van der Waals surface area (Å²) >= 11 is 5.96. The van der Waals surface area contributed by atoms with Crippen molar-refractivity contribution in [3.05, 3.63) is 63.3 Å². The lowest BCUT2D eigenvalue weighted by atomic mass is 9.96. The Hall–Kier alpha value is -2.77. The molecule has 29 heavy (non-hydrogen) atoms. The number of anilines is 1. The molecule has 3 heterocycles. The number of hydrogen-bond donors (Lipinski definition) is 2. The van der Waals surface area contributed by atoms with Crippen LogP contribution in [-0.2, 0) is 11.3 Å². The molecule has 1 aromatic carbocycles. The number of fused-ring (bicyclic) bond motifs is 1. The molecule has 7 nitrogen and oxygen atoms in total. The number of aromatic amines is 1. The molecule has 1 fully saturated rings. The first-order valence-corrected chi connectivity index (χ1v) is 10.00. The minimum absolute atomic E-state index is 0.0110. The van der Waals surface area contributed by atoms with E-state index in [1.807, 2.05) is 19.1 Å². The second-order valence-corrected chi connectivity index (χ2v) is 7.87. The Bertz CT molecular complexity index is 1110. The molecule has 0 radical (unpaired) electrons. The van der Waals surface area contributed by atoms with Gasteiger partial charge in [-0.1, -0.05) is 11.6 Å². The summed E-state index contributed by atoms with van der Waals surface area (Å²) in [6.07, 6.45) is 3.20. The molecule has 150 valence electrons. The molecule has 1 saturated heterocycles. The molecule has 0 atom stereocenters. The molecular formula is C21H22ClN5O2. The van der Waals surface area contributed by atoms with Gasteiger partial charge in [0.2, 0.25) is 5.91 Å². The van der Waals surface area contributed by atoms with Crippen LogP contribution in [0.15, 0.2) is 41.3 Å². The number of rotatable bonds is 4. The average molecular weight is 412 g/mol. The van der Waals surface area contributed by atoms with Gasteiger partial charge in [0.15, 0.2) is 0 Å². The zero-order chi connectivity index (χ0) is 20.4. The van der Waals surface area contributed by atoms with Crippen LogP contribution in [0.4, 0.5) is 5.82 Å². The molecule has 0 aliphatic carbocycles. The molecule has 2 N–H and O–H groups in total. The van der Waals surface area contributed by atoms with Crippen molar-refractivity contribution in [3.63, 3.8) is 0 Å². The van der Waals surface area contributed by atoms with Crippen LogP contribution in [0.3, 0.4) is 0 Å². The number of carbonyl (C=O) groups excluding carboxylic acids is 1. The van der Waals surface area contributed by atoms with Crippen LogP contribution < -0.4 is 10.9 Å². The molecule has 2 aromatic heterocycles. The van der Waals surface area contributed by atoms with Crippen molar-refractivity contribution in [2.75, 3.05) is 18.4 Å². The van der Waals surface area contributed by atoms with E-state index in [2.05, 4.69) is 25.2 Å². The number of nitrogens with zero attached hydrogens (tertiary/aromatic N) is 3. The number of aryl methyl sites for hydroxylation is 1. The van der Waals surface area contributed by atoms with Crippen molar-refractivity contribution in [3.8, 4) is 0 Å². The van der Waals surface area contributed by atoms with Crippen molar-refractivity contribution in [1.82, 2.24) is 19.9 Å². The molecule has 0 unspecified atom stereocenters. The van der Waals surface area contributed by atoms with Crippen LogP contribution in [-0.4, -0.2) is 38.8 Å². The highest BCUT2D eigenvalue weighted by Crippen LogP contribution is 2.21. The molecule has 4 rings (SSSR count). The second kappa shape index (κ2) is 8.31. The summed E-state index contributed by atoms with van der Waals surface area (Å²) in [5.41, 5.74) is 1.50. The number of hydrogen-bond acceptors (Lipinski definition) is 5. The molecule has 0 saturated carbocycles. The highest BCUT2D eigenvalue weighted by Gasteiger charge is 2.25. The highest BCUT2D eigenvalue weighted by molar-refractivity contribution is 6.31. The molecule has 0 spiro atoms. The van der Waals surface area contributed by atoms with Gasteiger partial charge in [-0.15, -0.1) is 0 Å². The van der Waals surface area contributed by atoms with Gasteiger partial charge in [0.05, 0.1) is 17.4 Å². The van der Waals surface area contributed by atoms with E-state index in [-0.39, 0.29) is 17.4 Å². The van der Waals surface area contributed by atoms with Gasteiger partial charge in [0.1, 0.15) is 11.6 Å². The third kappa shape index (κ3) is 4.63. The maximum Gasteiger partial charge on any atom is 0.258 e. The molecule has 1 aliphatic rings. The topological polar surface area (TPSA) is 91.0 Å². The minimum Gasteiger partial charge on any atom is -0.310 e. The van der Waals surface area contributed by atoms with Gasteiger partial charge >= 0.3 is 0 Å². The average Bonchev–Trinajstić information content (AvgIpc) is 2.69. The standard InChI is InChI=1S/C21H22ClN5O2/c1-13-4-7-23-18(10-13)25-20(28)14-5-8-27(9-6-14)12-19-24-17-3-2-15(22)11-16(17)21(29)26-19/h2-4,7,10-11,14H,5-6,8-9,12H2,1H3,(H,23,25,28)(H,24,26,29). The van der Waals surface area contributed by atoms with Crippen LogP contribution in [0, 0.1) is 12.8 Å². The zero-order valence-electron chi connectivity index (χ0n) is 16.1. The lowest BCUT2D eigenvalue weighted by Gasteiger charge is -2.30. The largest absolute Gasteiger partial charge is 0.310 e. The van der Waals surface area contributed by atoms with E-state index in [0.717, 1.165) is 31.5 Å². The summed E-state index contributed by atoms with van der Waals surface area (Å²) in [5, 5.41) is 3.91. The lowest BCUT2D eigenvalue weighted by Crippen LogP contribution is -2.38. The van der Waals surface area contributed by atoms with Gasteiger partial charge in [0, 0.05) is 17.1 Å². The van der Waals surface area contributed by atoms with E-state index >= 15 is 0 Å². The van der Waals surface area contributed by atoms with Crippen LogP contribution >= 0.6 is 11.6 Å². The summed E-state index contributed by atoms with van der Waals surface area (Å²) in [7, 11) is 0. The SMILES string of the molecule is Cc1ccnc(NC(=O)C2CCN(Cc3nc4ccc(Cl)cc4c(=O)[nH]3)CC2)c1. The second-order valence-electron chi connectivity index (χ2n) is 7.43. The fraction of sp³-hybridized carbons (Fsp3) is 0.333. The Kier molecular flexibility index (Phi) is 5.60. The first-order valence-electron chi connectivity index (χ1n) is 9.62. The van der Waals surface area contributed by atoms with Gasteiger partial charge in [-0.2, -0.15) is 0 Å². The van der Waals surface area contributed by atoms with E-state index in [4.69, 9.17) is 11.6 Å². The third-order valence-corrected chi connectivity index (χ3v) is 5.45. The van der Waals surface area contributed by atoms with E-state index in [1.165, 1.54) is 0 Å². The van der Waals surface area contributed by atoms with Gasteiger partial charge in [-0.3, -0.25) is 14.5 Å². The number of likely N-dealkylation sites (tertiary alicyclic amines) is 1. The van der Waals surface area contributed by atoms with Crippen molar-refractivity contribution in [2.24, 2.45) is 5.92 Å². The predicted octanol–water partition coefficient (Wildman–Crippen LogP) is 3.13. The van der Waals surface area contributed by atoms with Crippen LogP contribution in [0.25, 0.3) is 10.9 Å². The van der Waals surface area contributed by atoms with E-state index < -0.39 is 0 Å². The van der Waals surface area contributed by atoms with Crippen LogP contribution in [0.2, 0.25) is 5.02 Å². The molecule has 3 aromatic rings. The quantitative estimate of drug-likeness (QED) is 0.688. The molecule has 8 heteroatoms. The lowest BCUT2D eigenvalue weighted by molar-refractivity contribution is -0.121. The fourth-order valence-electron chi connectivity index (χ4n) is 3.63. The Balaban J connectivity index is 1.36. The maximum absolute atomic E-state index is 12.5. The van der Waals surface area contributed by atoms with Crippen LogP contribution in [0.5, 0.6) is 0 Å². The summed E-state index contributed by atoms with van der Waals surface area (Å²) in [6, 6.07) is 8.87. The van der Waals surface area contributed by atoms with Crippen molar-refractivity contribution >= 4 is 34.2 Å². The summed E-state index contributed by atoms with van der Waals surface area (Å²) in [4.78, 5) is 38.6. The monoisotopic (exact) mass is 411 g/mol. The van der Waals surface area contributed by atoms with E-state index in [0.29, 0.717) is 34.1 Å². The van der Waals surface area contributed by atoms with Gasteiger partial charge in [-0.05, 0) is 68.8 Å². The summed E-state index contributed by atoms with van der Waals surface area (Å²) in [5.74, 6) is 1.18. The third-order valence-electron chi connectivity index (χ3n) is 5.21. The van der Waals surface area contributed by atoms with E-state index in [9.17, 15) is 9.59 Å². The molecule has 1 amide bonds. The van der Waals surface area contributed by atoms with Gasteiger partial charge in [0.25, 0.3) is 5.56 Å². The van der Waals surface area contributed by atoms with Crippen molar-refractivity contribution in [1.29, 1.82) is 0 Å². The number of carbonyl (C=O) groups is 1. The maximum atomic E-state index is 12.5. The number of piperidine rings is 1. The number of amides is 1. The molecule has 1 aliphatic heterocycles. The number of benzene rings is 1. The van der Waals surface area contributed by atoms with Crippen molar-refractivity contribution in [2.45, 2.75) is 26.3 Å². The van der Waals surface area contributed by atoms with Crippen molar-refractivity contribution < 1.29 is 4.79 Å². The number of halogens is 1. The fourth-order valence-corrected chi connectivity index (χ4v) is 3.80. The normalized spacial score (nSPS) is 15.5. The Morgan fingerprint density at radius 1 is 1.28 bits per heavy atom.